The maximum atomic E-state index is 13.4. The van der Waals surface area contributed by atoms with Crippen LogP contribution < -0.4 is 10.2 Å². The molecule has 2 unspecified atom stereocenters. The van der Waals surface area contributed by atoms with Crippen LogP contribution in [0.25, 0.3) is 0 Å². The van der Waals surface area contributed by atoms with E-state index in [9.17, 15) is 18.3 Å². The summed E-state index contributed by atoms with van der Waals surface area (Å²) in [5.41, 5.74) is -0.621. The molecule has 10 heteroatoms. The van der Waals surface area contributed by atoms with E-state index in [4.69, 9.17) is 4.98 Å². The molecule has 3 heterocycles. The molecule has 9 nitrogen and oxygen atoms in total. The topological polar surface area (TPSA) is 116 Å². The van der Waals surface area contributed by atoms with E-state index in [1.165, 1.54) is 10.6 Å². The van der Waals surface area contributed by atoms with E-state index in [1.807, 2.05) is 13.8 Å². The second-order valence-corrected chi connectivity index (χ2v) is 12.1. The Bertz CT molecular complexity index is 970. The smallest absolute Gasteiger partial charge is 0.234 e. The van der Waals surface area contributed by atoms with Crippen LogP contribution in [0.3, 0.4) is 0 Å². The zero-order valence-corrected chi connectivity index (χ0v) is 19.6. The van der Waals surface area contributed by atoms with Gasteiger partial charge in [-0.15, -0.1) is 0 Å². The molecule has 1 aromatic rings. The lowest BCUT2D eigenvalue weighted by Gasteiger charge is -2.44. The van der Waals surface area contributed by atoms with Gasteiger partial charge in [0.05, 0.1) is 17.9 Å². The van der Waals surface area contributed by atoms with Crippen molar-refractivity contribution in [1.82, 2.24) is 14.3 Å². The molecule has 172 valence electrons. The molecule has 0 aromatic carbocycles. The average Bonchev–Trinajstić information content (AvgIpc) is 3.02. The summed E-state index contributed by atoms with van der Waals surface area (Å²) in [6.45, 7) is 6.58. The van der Waals surface area contributed by atoms with Crippen LogP contribution in [0.5, 0.6) is 0 Å². The molecule has 2 fully saturated rings. The first-order chi connectivity index (χ1) is 14.4. The predicted octanol–water partition coefficient (Wildman–Crippen LogP) is 1.53. The van der Waals surface area contributed by atoms with Gasteiger partial charge in [-0.25, -0.2) is 17.7 Å². The maximum Gasteiger partial charge on any atom is 0.234 e. The fourth-order valence-corrected chi connectivity index (χ4v) is 5.99. The van der Waals surface area contributed by atoms with Crippen LogP contribution in [-0.2, 0) is 21.2 Å². The highest BCUT2D eigenvalue weighted by molar-refractivity contribution is 7.88. The third-order valence-electron chi connectivity index (χ3n) is 6.95. The van der Waals surface area contributed by atoms with Crippen LogP contribution >= 0.6 is 0 Å². The minimum Gasteiger partial charge on any atom is -0.388 e. The standard InChI is InChI=1S/C21H33N5O4S/c1-20(2)12-14-13-22-19(23-15-7-10-25(11-8-15)31(4,29)30)24-17(14)26(18(20)27)16-6-5-9-21(16,3)28/h13,15-16,28H,5-12H2,1-4H3,(H,22,23,24). The summed E-state index contributed by atoms with van der Waals surface area (Å²) in [7, 11) is -3.17. The number of sulfonamides is 1. The van der Waals surface area contributed by atoms with E-state index in [2.05, 4.69) is 10.3 Å². The Balaban J connectivity index is 1.59. The van der Waals surface area contributed by atoms with Crippen molar-refractivity contribution in [3.63, 3.8) is 0 Å². The fraction of sp³-hybridized carbons (Fsp3) is 0.762. The zero-order valence-electron chi connectivity index (χ0n) is 18.8. The summed E-state index contributed by atoms with van der Waals surface area (Å²) in [6, 6.07) is -0.242. The van der Waals surface area contributed by atoms with Gasteiger partial charge in [-0.05, 0) is 45.4 Å². The Morgan fingerprint density at radius 2 is 1.87 bits per heavy atom. The molecule has 1 aromatic heterocycles. The van der Waals surface area contributed by atoms with Crippen molar-refractivity contribution in [3.05, 3.63) is 11.8 Å². The van der Waals surface area contributed by atoms with Crippen molar-refractivity contribution < 1.29 is 18.3 Å². The maximum absolute atomic E-state index is 13.4. The van der Waals surface area contributed by atoms with Gasteiger partial charge in [0.25, 0.3) is 0 Å². The second kappa shape index (κ2) is 7.67. The molecule has 2 N–H and O–H groups in total. The molecule has 1 aliphatic carbocycles. The molecule has 0 spiro atoms. The van der Waals surface area contributed by atoms with Crippen LogP contribution in [0.2, 0.25) is 0 Å². The molecule has 3 aliphatic rings. The van der Waals surface area contributed by atoms with Crippen molar-refractivity contribution in [2.45, 2.75) is 77.0 Å². The molecule has 2 aliphatic heterocycles. The van der Waals surface area contributed by atoms with Gasteiger partial charge in [0.2, 0.25) is 21.9 Å². The molecule has 4 rings (SSSR count). The van der Waals surface area contributed by atoms with Crippen LogP contribution in [0.1, 0.15) is 58.4 Å². The highest BCUT2D eigenvalue weighted by Gasteiger charge is 2.49. The van der Waals surface area contributed by atoms with Crippen molar-refractivity contribution in [1.29, 1.82) is 0 Å². The van der Waals surface area contributed by atoms with Gasteiger partial charge in [-0.3, -0.25) is 9.69 Å². The van der Waals surface area contributed by atoms with Crippen LogP contribution in [0, 0.1) is 5.41 Å². The molecule has 31 heavy (non-hydrogen) atoms. The SMILES string of the molecule is CC1(C)Cc2cnc(NC3CCN(S(C)(=O)=O)CC3)nc2N(C2CCCC2(C)O)C1=O. The first-order valence-electron chi connectivity index (χ1n) is 11.0. The number of rotatable bonds is 4. The summed E-state index contributed by atoms with van der Waals surface area (Å²) < 4.78 is 25.0. The van der Waals surface area contributed by atoms with E-state index in [1.54, 1.807) is 18.0 Å². The number of anilines is 2. The van der Waals surface area contributed by atoms with Gasteiger partial charge in [0.1, 0.15) is 5.82 Å². The van der Waals surface area contributed by atoms with Gasteiger partial charge in [0, 0.05) is 36.3 Å². The van der Waals surface area contributed by atoms with E-state index in [-0.39, 0.29) is 18.0 Å². The van der Waals surface area contributed by atoms with E-state index in [0.717, 1.165) is 18.4 Å². The van der Waals surface area contributed by atoms with E-state index < -0.39 is 21.0 Å². The molecule has 2 atom stereocenters. The van der Waals surface area contributed by atoms with Gasteiger partial charge in [0.15, 0.2) is 0 Å². The number of fused-ring (bicyclic) bond motifs is 1. The van der Waals surface area contributed by atoms with Crippen molar-refractivity contribution >= 4 is 27.7 Å². The number of carbonyl (C=O) groups is 1. The molecular formula is C21H33N5O4S. The summed E-state index contributed by atoms with van der Waals surface area (Å²) in [6.07, 6.45) is 7.17. The number of piperidine rings is 1. The third kappa shape index (κ3) is 4.29. The predicted molar refractivity (Wildman–Crippen MR) is 118 cm³/mol. The van der Waals surface area contributed by atoms with Gasteiger partial charge in [-0.1, -0.05) is 13.8 Å². The van der Waals surface area contributed by atoms with Crippen molar-refractivity contribution in [3.8, 4) is 0 Å². The van der Waals surface area contributed by atoms with Crippen LogP contribution in [0.4, 0.5) is 11.8 Å². The number of nitrogens with zero attached hydrogens (tertiary/aromatic N) is 4. The number of hydrogen-bond donors (Lipinski definition) is 2. The summed E-state index contributed by atoms with van der Waals surface area (Å²) in [4.78, 5) is 24.3. The van der Waals surface area contributed by atoms with Crippen molar-refractivity contribution in [2.24, 2.45) is 5.41 Å². The molecule has 1 saturated heterocycles. The van der Waals surface area contributed by atoms with E-state index in [0.29, 0.717) is 50.5 Å². The summed E-state index contributed by atoms with van der Waals surface area (Å²) in [5.74, 6) is 1.01. The Kier molecular flexibility index (Phi) is 5.54. The van der Waals surface area contributed by atoms with Gasteiger partial charge < -0.3 is 10.4 Å². The number of nitrogens with one attached hydrogen (secondary N) is 1. The highest BCUT2D eigenvalue weighted by Crippen LogP contribution is 2.43. The lowest BCUT2D eigenvalue weighted by Crippen LogP contribution is -2.57. The monoisotopic (exact) mass is 451 g/mol. The average molecular weight is 452 g/mol. The minimum atomic E-state index is -3.17. The quantitative estimate of drug-likeness (QED) is 0.713. The number of amides is 1. The highest BCUT2D eigenvalue weighted by atomic mass is 32.2. The van der Waals surface area contributed by atoms with Gasteiger partial charge >= 0.3 is 0 Å². The fourth-order valence-electron chi connectivity index (χ4n) is 5.12. The van der Waals surface area contributed by atoms with Crippen molar-refractivity contribution in [2.75, 3.05) is 29.6 Å². The molecule has 1 saturated carbocycles. The molecule has 0 bridgehead atoms. The number of aliphatic hydroxyl groups is 1. The Hall–Kier alpha value is -1.78. The normalized spacial score (nSPS) is 29.8. The van der Waals surface area contributed by atoms with Gasteiger partial charge in [-0.2, -0.15) is 4.98 Å². The van der Waals surface area contributed by atoms with Crippen LogP contribution in [-0.4, -0.2) is 70.7 Å². The zero-order chi connectivity index (χ0) is 22.6. The summed E-state index contributed by atoms with van der Waals surface area (Å²) in [5, 5.41) is 14.3. The number of carbonyl (C=O) groups excluding carboxylic acids is 1. The Morgan fingerprint density at radius 1 is 1.19 bits per heavy atom. The lowest BCUT2D eigenvalue weighted by molar-refractivity contribution is -0.128. The second-order valence-electron chi connectivity index (χ2n) is 10.1. The largest absolute Gasteiger partial charge is 0.388 e. The Labute approximate surface area is 184 Å². The van der Waals surface area contributed by atoms with E-state index >= 15 is 0 Å². The molecule has 1 amide bonds. The van der Waals surface area contributed by atoms with Crippen LogP contribution in [0.15, 0.2) is 6.20 Å². The summed E-state index contributed by atoms with van der Waals surface area (Å²) >= 11 is 0. The first kappa shape index (κ1) is 22.4. The third-order valence-corrected chi connectivity index (χ3v) is 8.25. The lowest BCUT2D eigenvalue weighted by atomic mass is 9.80. The first-order valence-corrected chi connectivity index (χ1v) is 12.9. The Morgan fingerprint density at radius 3 is 2.45 bits per heavy atom. The number of hydrogen-bond acceptors (Lipinski definition) is 7. The number of aromatic nitrogens is 2. The molecular weight excluding hydrogens is 418 g/mol. The molecule has 0 radical (unpaired) electrons. The minimum absolute atomic E-state index is 0.0155.